The Bertz CT molecular complexity index is 720. The van der Waals surface area contributed by atoms with Crippen molar-refractivity contribution in [2.24, 2.45) is 0 Å². The number of alkyl halides is 3. The molecule has 0 bridgehead atoms. The standard InChI is InChI=1S/C13H8ClF3N2O2/c14-9-5-8(13(15,16)17)2-3-10(9)19-12(21)7-1-4-11(20)18-6-7/h1-6H,(H,18,20)(H,19,21). The van der Waals surface area contributed by atoms with Crippen LogP contribution in [0.4, 0.5) is 18.9 Å². The first-order valence-corrected chi connectivity index (χ1v) is 6.02. The van der Waals surface area contributed by atoms with Gasteiger partial charge in [-0.2, -0.15) is 13.2 Å². The van der Waals surface area contributed by atoms with Crippen LogP contribution in [0.1, 0.15) is 15.9 Å². The third kappa shape index (κ3) is 3.63. The van der Waals surface area contributed by atoms with Crippen LogP contribution < -0.4 is 10.9 Å². The Morgan fingerprint density at radius 1 is 1.19 bits per heavy atom. The zero-order chi connectivity index (χ0) is 15.6. The van der Waals surface area contributed by atoms with Crippen molar-refractivity contribution in [1.82, 2.24) is 4.98 Å². The third-order valence-corrected chi connectivity index (χ3v) is 2.90. The number of rotatable bonds is 2. The van der Waals surface area contributed by atoms with Crippen molar-refractivity contribution >= 4 is 23.2 Å². The number of carbonyl (C=O) groups excluding carboxylic acids is 1. The zero-order valence-electron chi connectivity index (χ0n) is 10.3. The largest absolute Gasteiger partial charge is 0.416 e. The van der Waals surface area contributed by atoms with E-state index in [9.17, 15) is 22.8 Å². The van der Waals surface area contributed by atoms with Crippen molar-refractivity contribution in [3.8, 4) is 0 Å². The number of aromatic nitrogens is 1. The molecule has 2 aromatic rings. The predicted molar refractivity (Wildman–Crippen MR) is 71.5 cm³/mol. The molecule has 0 saturated heterocycles. The third-order valence-electron chi connectivity index (χ3n) is 2.59. The smallest absolute Gasteiger partial charge is 0.328 e. The van der Waals surface area contributed by atoms with Crippen molar-refractivity contribution in [3.63, 3.8) is 0 Å². The van der Waals surface area contributed by atoms with Crippen molar-refractivity contribution in [3.05, 3.63) is 63.0 Å². The average Bonchev–Trinajstić information content (AvgIpc) is 2.40. The molecule has 1 aromatic carbocycles. The summed E-state index contributed by atoms with van der Waals surface area (Å²) in [5.74, 6) is -0.604. The van der Waals surface area contributed by atoms with Gasteiger partial charge < -0.3 is 10.3 Å². The molecule has 4 nitrogen and oxygen atoms in total. The fourth-order valence-corrected chi connectivity index (χ4v) is 1.77. The Kier molecular flexibility index (Phi) is 4.04. The van der Waals surface area contributed by atoms with E-state index in [2.05, 4.69) is 10.3 Å². The maximum atomic E-state index is 12.5. The lowest BCUT2D eigenvalue weighted by Crippen LogP contribution is -2.15. The van der Waals surface area contributed by atoms with Crippen LogP contribution in [0.15, 0.2) is 41.3 Å². The summed E-state index contributed by atoms with van der Waals surface area (Å²) in [6.07, 6.45) is -3.32. The monoisotopic (exact) mass is 316 g/mol. The highest BCUT2D eigenvalue weighted by Gasteiger charge is 2.31. The Balaban J connectivity index is 2.22. The van der Waals surface area contributed by atoms with Crippen molar-refractivity contribution < 1.29 is 18.0 Å². The van der Waals surface area contributed by atoms with Gasteiger partial charge in [0.15, 0.2) is 0 Å². The molecule has 2 rings (SSSR count). The summed E-state index contributed by atoms with van der Waals surface area (Å²) in [6.45, 7) is 0. The van der Waals surface area contributed by atoms with E-state index in [0.29, 0.717) is 0 Å². The first-order chi connectivity index (χ1) is 9.77. The van der Waals surface area contributed by atoms with E-state index in [4.69, 9.17) is 11.6 Å². The molecular weight excluding hydrogens is 309 g/mol. The number of halogens is 4. The zero-order valence-corrected chi connectivity index (χ0v) is 11.0. The van der Waals surface area contributed by atoms with Crippen LogP contribution in [-0.2, 0) is 6.18 Å². The Morgan fingerprint density at radius 3 is 2.43 bits per heavy atom. The second-order valence-corrected chi connectivity index (χ2v) is 4.50. The summed E-state index contributed by atoms with van der Waals surface area (Å²) < 4.78 is 37.5. The molecule has 110 valence electrons. The van der Waals surface area contributed by atoms with Crippen LogP contribution in [0, 0.1) is 0 Å². The molecule has 0 aliphatic rings. The molecule has 0 saturated carbocycles. The van der Waals surface area contributed by atoms with E-state index in [-0.39, 0.29) is 21.8 Å². The molecule has 0 fully saturated rings. The summed E-state index contributed by atoms with van der Waals surface area (Å²) in [4.78, 5) is 25.0. The van der Waals surface area contributed by atoms with Crippen LogP contribution in [0.25, 0.3) is 0 Å². The Labute approximate surface area is 121 Å². The number of carbonyl (C=O) groups is 1. The average molecular weight is 317 g/mol. The van der Waals surface area contributed by atoms with Gasteiger partial charge in [-0.1, -0.05) is 11.6 Å². The van der Waals surface area contributed by atoms with E-state index in [1.165, 1.54) is 12.3 Å². The number of hydrogen-bond acceptors (Lipinski definition) is 2. The highest BCUT2D eigenvalue weighted by atomic mass is 35.5. The molecule has 21 heavy (non-hydrogen) atoms. The van der Waals surface area contributed by atoms with Gasteiger partial charge in [0.25, 0.3) is 5.91 Å². The molecular formula is C13H8ClF3N2O2. The first kappa shape index (κ1) is 15.1. The van der Waals surface area contributed by atoms with Crippen molar-refractivity contribution in [1.29, 1.82) is 0 Å². The quantitative estimate of drug-likeness (QED) is 0.893. The van der Waals surface area contributed by atoms with Crippen molar-refractivity contribution in [2.75, 3.05) is 5.32 Å². The number of anilines is 1. The molecule has 8 heteroatoms. The van der Waals surface area contributed by atoms with Crippen LogP contribution in [0.3, 0.4) is 0 Å². The molecule has 0 spiro atoms. The van der Waals surface area contributed by atoms with E-state index in [1.54, 1.807) is 0 Å². The van der Waals surface area contributed by atoms with Crippen molar-refractivity contribution in [2.45, 2.75) is 6.18 Å². The normalized spacial score (nSPS) is 11.2. The molecule has 0 radical (unpaired) electrons. The van der Waals surface area contributed by atoms with E-state index >= 15 is 0 Å². The van der Waals surface area contributed by atoms with Gasteiger partial charge in [-0.3, -0.25) is 9.59 Å². The molecule has 0 atom stereocenters. The molecule has 0 aliphatic carbocycles. The van der Waals surface area contributed by atoms with Gasteiger partial charge in [0.1, 0.15) is 0 Å². The predicted octanol–water partition coefficient (Wildman–Crippen LogP) is 3.30. The van der Waals surface area contributed by atoms with E-state index < -0.39 is 17.6 Å². The number of nitrogens with one attached hydrogen (secondary N) is 2. The van der Waals surface area contributed by atoms with E-state index in [0.717, 1.165) is 24.3 Å². The lowest BCUT2D eigenvalue weighted by molar-refractivity contribution is -0.137. The minimum Gasteiger partial charge on any atom is -0.328 e. The number of hydrogen-bond donors (Lipinski definition) is 2. The highest BCUT2D eigenvalue weighted by molar-refractivity contribution is 6.34. The second-order valence-electron chi connectivity index (χ2n) is 4.09. The number of amides is 1. The van der Waals surface area contributed by atoms with Crippen LogP contribution in [0.5, 0.6) is 0 Å². The molecule has 0 aliphatic heterocycles. The van der Waals surface area contributed by atoms with Gasteiger partial charge in [-0.15, -0.1) is 0 Å². The van der Waals surface area contributed by atoms with Gasteiger partial charge in [-0.25, -0.2) is 0 Å². The molecule has 1 heterocycles. The number of H-pyrrole nitrogens is 1. The van der Waals surface area contributed by atoms with Gasteiger partial charge in [0.2, 0.25) is 5.56 Å². The summed E-state index contributed by atoms with van der Waals surface area (Å²) in [5.41, 5.74) is -1.10. The van der Waals surface area contributed by atoms with Gasteiger partial charge in [0, 0.05) is 12.3 Å². The minimum absolute atomic E-state index is 0.0425. The van der Waals surface area contributed by atoms with Gasteiger partial charge in [0.05, 0.1) is 21.8 Å². The Morgan fingerprint density at radius 2 is 1.90 bits per heavy atom. The molecule has 0 unspecified atom stereocenters. The maximum Gasteiger partial charge on any atom is 0.416 e. The summed E-state index contributed by atoms with van der Waals surface area (Å²) in [6, 6.07) is 5.04. The SMILES string of the molecule is O=C(Nc1ccc(C(F)(F)F)cc1Cl)c1ccc(=O)[nH]c1. The van der Waals surface area contributed by atoms with Crippen LogP contribution in [0.2, 0.25) is 5.02 Å². The van der Waals surface area contributed by atoms with Gasteiger partial charge in [-0.05, 0) is 24.3 Å². The maximum absolute atomic E-state index is 12.5. The molecule has 1 aromatic heterocycles. The fourth-order valence-electron chi connectivity index (χ4n) is 1.54. The number of pyridine rings is 1. The molecule has 2 N–H and O–H groups in total. The highest BCUT2D eigenvalue weighted by Crippen LogP contribution is 2.33. The topological polar surface area (TPSA) is 62.0 Å². The van der Waals surface area contributed by atoms with Crippen LogP contribution >= 0.6 is 11.6 Å². The summed E-state index contributed by atoms with van der Waals surface area (Å²) in [7, 11) is 0. The fraction of sp³-hybridized carbons (Fsp3) is 0.0769. The number of aromatic amines is 1. The molecule has 1 amide bonds. The summed E-state index contributed by atoms with van der Waals surface area (Å²) in [5, 5.41) is 2.13. The minimum atomic E-state index is -4.51. The van der Waals surface area contributed by atoms with E-state index in [1.807, 2.05) is 0 Å². The summed E-state index contributed by atoms with van der Waals surface area (Å²) >= 11 is 5.72. The lowest BCUT2D eigenvalue weighted by atomic mass is 10.2. The first-order valence-electron chi connectivity index (χ1n) is 5.64. The number of benzene rings is 1. The Hall–Kier alpha value is -2.28. The van der Waals surface area contributed by atoms with Crippen LogP contribution in [-0.4, -0.2) is 10.9 Å². The second kappa shape index (κ2) is 5.61. The van der Waals surface area contributed by atoms with Gasteiger partial charge >= 0.3 is 6.18 Å². The lowest BCUT2D eigenvalue weighted by Gasteiger charge is -2.11.